The lowest BCUT2D eigenvalue weighted by Gasteiger charge is -2.29. The van der Waals surface area contributed by atoms with Crippen molar-refractivity contribution in [2.24, 2.45) is 5.92 Å². The summed E-state index contributed by atoms with van der Waals surface area (Å²) in [6.45, 7) is 5.27. The molecule has 0 bridgehead atoms. The van der Waals surface area contributed by atoms with Gasteiger partial charge >= 0.3 is 0 Å². The van der Waals surface area contributed by atoms with Crippen LogP contribution in [0.25, 0.3) is 0 Å². The minimum Gasteiger partial charge on any atom is -0.398 e. The fourth-order valence-electron chi connectivity index (χ4n) is 2.63. The van der Waals surface area contributed by atoms with Gasteiger partial charge in [-0.2, -0.15) is 0 Å². The third kappa shape index (κ3) is 2.33. The summed E-state index contributed by atoms with van der Waals surface area (Å²) in [5.41, 5.74) is 17.3. The molecule has 0 spiro atoms. The third-order valence-corrected chi connectivity index (χ3v) is 3.74. The molecular weight excluding hydrogens is 210 g/mol. The monoisotopic (exact) mass is 233 g/mol. The van der Waals surface area contributed by atoms with Crippen LogP contribution in [0.15, 0.2) is 6.07 Å². The molecule has 0 amide bonds. The number of nitrogens with one attached hydrogen (secondary N) is 1. The number of unbranched alkanes of at least 4 members (excludes halogenated alkanes) is 1. The molecule has 0 aliphatic carbocycles. The summed E-state index contributed by atoms with van der Waals surface area (Å²) in [6.07, 6.45) is 4.90. The van der Waals surface area contributed by atoms with E-state index < -0.39 is 0 Å². The number of hydrogen-bond donors (Lipinski definition) is 3. The van der Waals surface area contributed by atoms with Crippen molar-refractivity contribution in [3.63, 3.8) is 0 Å². The highest BCUT2D eigenvalue weighted by atomic mass is 14.9. The molecule has 0 saturated heterocycles. The largest absolute Gasteiger partial charge is 0.398 e. The van der Waals surface area contributed by atoms with E-state index in [0.29, 0.717) is 5.92 Å². The summed E-state index contributed by atoms with van der Waals surface area (Å²) in [6, 6.07) is 2.00. The molecule has 3 heteroatoms. The van der Waals surface area contributed by atoms with Gasteiger partial charge in [-0.1, -0.05) is 19.8 Å². The summed E-state index contributed by atoms with van der Waals surface area (Å²) < 4.78 is 0. The van der Waals surface area contributed by atoms with E-state index in [9.17, 15) is 0 Å². The van der Waals surface area contributed by atoms with Crippen molar-refractivity contribution in [1.29, 1.82) is 0 Å². The molecule has 17 heavy (non-hydrogen) atoms. The molecule has 0 saturated carbocycles. The Morgan fingerprint density at radius 2 is 2.18 bits per heavy atom. The van der Waals surface area contributed by atoms with E-state index in [1.807, 2.05) is 13.0 Å². The smallest absolute Gasteiger partial charge is 0.0630 e. The molecule has 2 rings (SSSR count). The summed E-state index contributed by atoms with van der Waals surface area (Å²) in [4.78, 5) is 0. The number of benzene rings is 1. The maximum atomic E-state index is 6.11. The summed E-state index contributed by atoms with van der Waals surface area (Å²) >= 11 is 0. The zero-order valence-electron chi connectivity index (χ0n) is 10.8. The third-order valence-electron chi connectivity index (χ3n) is 3.74. The lowest BCUT2D eigenvalue weighted by molar-refractivity contribution is 0.475. The standard InChI is InChI=1S/C14H23N3/c1-3-4-5-10-7-11-12(15)6-9(2)13(16)14(11)17-8-10/h6,10,17H,3-5,7-8,15-16H2,1-2H3. The summed E-state index contributed by atoms with van der Waals surface area (Å²) in [5, 5.41) is 3.47. The van der Waals surface area contributed by atoms with Crippen LogP contribution in [0.4, 0.5) is 17.1 Å². The zero-order chi connectivity index (χ0) is 12.4. The average Bonchev–Trinajstić information content (AvgIpc) is 2.33. The van der Waals surface area contributed by atoms with Gasteiger partial charge in [-0.15, -0.1) is 0 Å². The predicted octanol–water partition coefficient (Wildman–Crippen LogP) is 2.93. The molecule has 1 atom stereocenters. The molecule has 94 valence electrons. The van der Waals surface area contributed by atoms with Crippen LogP contribution in [0.5, 0.6) is 0 Å². The van der Waals surface area contributed by atoms with E-state index in [0.717, 1.165) is 35.6 Å². The Morgan fingerprint density at radius 3 is 2.88 bits per heavy atom. The van der Waals surface area contributed by atoms with Gasteiger partial charge in [0.25, 0.3) is 0 Å². The van der Waals surface area contributed by atoms with Gasteiger partial charge in [0, 0.05) is 17.8 Å². The maximum Gasteiger partial charge on any atom is 0.0630 e. The molecule has 1 heterocycles. The number of fused-ring (bicyclic) bond motifs is 1. The van der Waals surface area contributed by atoms with Gasteiger partial charge in [0.05, 0.1) is 11.4 Å². The van der Waals surface area contributed by atoms with Gasteiger partial charge < -0.3 is 16.8 Å². The van der Waals surface area contributed by atoms with Crippen molar-refractivity contribution < 1.29 is 0 Å². The molecule has 0 aromatic heterocycles. The first-order valence-electron chi connectivity index (χ1n) is 6.54. The van der Waals surface area contributed by atoms with Crippen LogP contribution in [0, 0.1) is 12.8 Å². The van der Waals surface area contributed by atoms with Gasteiger partial charge in [0.1, 0.15) is 0 Å². The van der Waals surface area contributed by atoms with Crippen LogP contribution < -0.4 is 16.8 Å². The van der Waals surface area contributed by atoms with E-state index in [-0.39, 0.29) is 0 Å². The Morgan fingerprint density at radius 1 is 1.41 bits per heavy atom. The van der Waals surface area contributed by atoms with Crippen LogP contribution in [-0.4, -0.2) is 6.54 Å². The molecule has 1 aliphatic heterocycles. The number of aryl methyl sites for hydroxylation is 1. The molecule has 0 fully saturated rings. The minimum absolute atomic E-state index is 0.701. The molecule has 1 aliphatic rings. The Bertz CT molecular complexity index is 412. The van der Waals surface area contributed by atoms with E-state index >= 15 is 0 Å². The molecule has 1 unspecified atom stereocenters. The van der Waals surface area contributed by atoms with Crippen LogP contribution >= 0.6 is 0 Å². The molecular formula is C14H23N3. The molecule has 0 radical (unpaired) electrons. The number of nitrogens with two attached hydrogens (primary N) is 2. The zero-order valence-corrected chi connectivity index (χ0v) is 10.8. The normalized spacial score (nSPS) is 18.6. The quantitative estimate of drug-likeness (QED) is 0.703. The number of nitrogen functional groups attached to an aromatic ring is 2. The highest BCUT2D eigenvalue weighted by Gasteiger charge is 2.22. The van der Waals surface area contributed by atoms with Crippen molar-refractivity contribution in [2.75, 3.05) is 23.3 Å². The van der Waals surface area contributed by atoms with Gasteiger partial charge in [0.15, 0.2) is 0 Å². The Balaban J connectivity index is 2.23. The SMILES string of the molecule is CCCCC1CNc2c(N)c(C)cc(N)c2C1. The lowest BCUT2D eigenvalue weighted by Crippen LogP contribution is -2.25. The van der Waals surface area contributed by atoms with Crippen LogP contribution in [0.2, 0.25) is 0 Å². The second kappa shape index (κ2) is 4.86. The van der Waals surface area contributed by atoms with Gasteiger partial charge in [-0.3, -0.25) is 0 Å². The number of hydrogen-bond acceptors (Lipinski definition) is 3. The van der Waals surface area contributed by atoms with Crippen molar-refractivity contribution in [1.82, 2.24) is 0 Å². The van der Waals surface area contributed by atoms with E-state index in [4.69, 9.17) is 11.5 Å². The molecule has 1 aromatic rings. The van der Waals surface area contributed by atoms with E-state index in [1.165, 1.54) is 24.8 Å². The Kier molecular flexibility index (Phi) is 3.46. The number of rotatable bonds is 3. The first kappa shape index (κ1) is 12.1. The molecule has 3 nitrogen and oxygen atoms in total. The topological polar surface area (TPSA) is 64.1 Å². The molecule has 5 N–H and O–H groups in total. The van der Waals surface area contributed by atoms with Gasteiger partial charge in [-0.05, 0) is 37.3 Å². The van der Waals surface area contributed by atoms with Crippen molar-refractivity contribution in [3.8, 4) is 0 Å². The minimum atomic E-state index is 0.701. The summed E-state index contributed by atoms with van der Waals surface area (Å²) in [7, 11) is 0. The average molecular weight is 233 g/mol. The van der Waals surface area contributed by atoms with Crippen LogP contribution in [0.3, 0.4) is 0 Å². The first-order valence-corrected chi connectivity index (χ1v) is 6.54. The fraction of sp³-hybridized carbons (Fsp3) is 0.571. The Hall–Kier alpha value is -1.38. The second-order valence-corrected chi connectivity index (χ2v) is 5.14. The van der Waals surface area contributed by atoms with Crippen molar-refractivity contribution >= 4 is 17.1 Å². The van der Waals surface area contributed by atoms with Crippen LogP contribution in [0.1, 0.15) is 37.3 Å². The highest BCUT2D eigenvalue weighted by molar-refractivity contribution is 5.80. The van der Waals surface area contributed by atoms with Crippen molar-refractivity contribution in [2.45, 2.75) is 39.5 Å². The van der Waals surface area contributed by atoms with E-state index in [2.05, 4.69) is 12.2 Å². The first-order chi connectivity index (χ1) is 8.13. The predicted molar refractivity (Wildman–Crippen MR) is 75.2 cm³/mol. The maximum absolute atomic E-state index is 6.11. The van der Waals surface area contributed by atoms with E-state index in [1.54, 1.807) is 0 Å². The second-order valence-electron chi connectivity index (χ2n) is 5.14. The highest BCUT2D eigenvalue weighted by Crippen LogP contribution is 2.37. The van der Waals surface area contributed by atoms with Crippen molar-refractivity contribution in [3.05, 3.63) is 17.2 Å². The van der Waals surface area contributed by atoms with Gasteiger partial charge in [0.2, 0.25) is 0 Å². The van der Waals surface area contributed by atoms with Gasteiger partial charge in [-0.25, -0.2) is 0 Å². The molecule has 1 aromatic carbocycles. The lowest BCUT2D eigenvalue weighted by atomic mass is 9.88. The Labute approximate surface area is 104 Å². The fourth-order valence-corrected chi connectivity index (χ4v) is 2.63. The number of anilines is 3. The summed E-state index contributed by atoms with van der Waals surface area (Å²) in [5.74, 6) is 0.701. The van der Waals surface area contributed by atoms with Crippen LogP contribution in [-0.2, 0) is 6.42 Å².